The van der Waals surface area contributed by atoms with Gasteiger partial charge in [-0.25, -0.2) is 0 Å². The van der Waals surface area contributed by atoms with Gasteiger partial charge in [0.1, 0.15) is 0 Å². The van der Waals surface area contributed by atoms with E-state index in [-0.39, 0.29) is 11.3 Å². The lowest BCUT2D eigenvalue weighted by atomic mass is 9.96. The average Bonchev–Trinajstić information content (AvgIpc) is 2.45. The van der Waals surface area contributed by atoms with Crippen molar-refractivity contribution in [2.24, 2.45) is 0 Å². The van der Waals surface area contributed by atoms with Crippen LogP contribution in [0.25, 0.3) is 22.0 Å². The monoisotopic (exact) mass is 288 g/mol. The molecule has 0 amide bonds. The zero-order chi connectivity index (χ0) is 15.0. The van der Waals surface area contributed by atoms with Crippen LogP contribution in [0.15, 0.2) is 54.7 Å². The SMILES string of the molecule is Nc1cccc(-c2cccc3cccnc23)c1C(F)(F)F. The maximum Gasteiger partial charge on any atom is 0.418 e. The van der Waals surface area contributed by atoms with Crippen molar-refractivity contribution < 1.29 is 13.2 Å². The highest BCUT2D eigenvalue weighted by Crippen LogP contribution is 2.41. The minimum atomic E-state index is -4.52. The first-order valence-electron chi connectivity index (χ1n) is 6.28. The summed E-state index contributed by atoms with van der Waals surface area (Å²) in [5, 5.41) is 0.783. The highest BCUT2D eigenvalue weighted by atomic mass is 19.4. The lowest BCUT2D eigenvalue weighted by Gasteiger charge is -2.16. The molecule has 106 valence electrons. The van der Waals surface area contributed by atoms with Crippen molar-refractivity contribution in [2.75, 3.05) is 5.73 Å². The molecule has 0 bridgehead atoms. The number of hydrogen-bond acceptors (Lipinski definition) is 2. The molecule has 2 N–H and O–H groups in total. The summed E-state index contributed by atoms with van der Waals surface area (Å²) in [6.45, 7) is 0. The minimum Gasteiger partial charge on any atom is -0.398 e. The topological polar surface area (TPSA) is 38.9 Å². The molecule has 1 aromatic heterocycles. The van der Waals surface area contributed by atoms with E-state index < -0.39 is 11.7 Å². The second-order valence-corrected chi connectivity index (χ2v) is 4.65. The zero-order valence-electron chi connectivity index (χ0n) is 10.9. The predicted octanol–water partition coefficient (Wildman–Crippen LogP) is 4.50. The summed E-state index contributed by atoms with van der Waals surface area (Å²) in [7, 11) is 0. The van der Waals surface area contributed by atoms with E-state index in [0.717, 1.165) is 5.39 Å². The molecule has 0 saturated heterocycles. The Bertz CT molecular complexity index is 805. The van der Waals surface area contributed by atoms with E-state index in [1.807, 2.05) is 12.1 Å². The molecule has 0 spiro atoms. The Hall–Kier alpha value is -2.56. The molecule has 0 fully saturated rings. The summed E-state index contributed by atoms with van der Waals surface area (Å²) in [4.78, 5) is 4.20. The van der Waals surface area contributed by atoms with Crippen LogP contribution < -0.4 is 5.73 Å². The number of benzene rings is 2. The van der Waals surface area contributed by atoms with Gasteiger partial charge >= 0.3 is 6.18 Å². The van der Waals surface area contributed by atoms with Crippen molar-refractivity contribution in [3.63, 3.8) is 0 Å². The number of anilines is 1. The Morgan fingerprint density at radius 2 is 1.52 bits per heavy atom. The summed E-state index contributed by atoms with van der Waals surface area (Å²) < 4.78 is 39.9. The number of alkyl halides is 3. The molecule has 0 unspecified atom stereocenters. The lowest BCUT2D eigenvalue weighted by molar-refractivity contribution is -0.136. The van der Waals surface area contributed by atoms with E-state index in [9.17, 15) is 13.2 Å². The third-order valence-corrected chi connectivity index (χ3v) is 3.30. The highest BCUT2D eigenvalue weighted by molar-refractivity contribution is 5.95. The van der Waals surface area contributed by atoms with Gasteiger partial charge < -0.3 is 5.73 Å². The Morgan fingerprint density at radius 1 is 0.857 bits per heavy atom. The van der Waals surface area contributed by atoms with Gasteiger partial charge in [-0.2, -0.15) is 13.2 Å². The number of pyridine rings is 1. The Morgan fingerprint density at radius 3 is 2.29 bits per heavy atom. The number of fused-ring (bicyclic) bond motifs is 1. The van der Waals surface area contributed by atoms with Crippen LogP contribution in [0.5, 0.6) is 0 Å². The van der Waals surface area contributed by atoms with Gasteiger partial charge in [0, 0.05) is 22.8 Å². The second-order valence-electron chi connectivity index (χ2n) is 4.65. The summed E-state index contributed by atoms with van der Waals surface area (Å²) in [6.07, 6.45) is -2.96. The number of nitrogens with zero attached hydrogens (tertiary/aromatic N) is 1. The molecular formula is C16H11F3N2. The second kappa shape index (κ2) is 4.77. The summed E-state index contributed by atoms with van der Waals surface area (Å²) in [5.74, 6) is 0. The molecule has 0 atom stereocenters. The molecule has 1 heterocycles. The van der Waals surface area contributed by atoms with Crippen LogP contribution in [-0.2, 0) is 6.18 Å². The molecule has 0 radical (unpaired) electrons. The van der Waals surface area contributed by atoms with E-state index in [2.05, 4.69) is 4.98 Å². The summed E-state index contributed by atoms with van der Waals surface area (Å²) in [6, 6.07) is 12.9. The van der Waals surface area contributed by atoms with Crippen LogP contribution >= 0.6 is 0 Å². The van der Waals surface area contributed by atoms with Gasteiger partial charge in [0.2, 0.25) is 0 Å². The van der Waals surface area contributed by atoms with Crippen LogP contribution in [0.3, 0.4) is 0 Å². The average molecular weight is 288 g/mol. The molecule has 5 heteroatoms. The number of rotatable bonds is 1. The highest BCUT2D eigenvalue weighted by Gasteiger charge is 2.36. The van der Waals surface area contributed by atoms with Gasteiger partial charge in [-0.05, 0) is 17.7 Å². The van der Waals surface area contributed by atoms with Crippen molar-refractivity contribution in [3.05, 3.63) is 60.3 Å². The van der Waals surface area contributed by atoms with Gasteiger partial charge in [-0.15, -0.1) is 0 Å². The number of para-hydroxylation sites is 1. The quantitative estimate of drug-likeness (QED) is 0.669. The number of nitrogen functional groups attached to an aromatic ring is 1. The normalized spacial score (nSPS) is 11.8. The van der Waals surface area contributed by atoms with Gasteiger partial charge in [0.15, 0.2) is 0 Å². The van der Waals surface area contributed by atoms with Crippen molar-refractivity contribution in [1.82, 2.24) is 4.98 Å². The minimum absolute atomic E-state index is 0.0480. The molecule has 3 aromatic rings. The van der Waals surface area contributed by atoms with Gasteiger partial charge in [-0.3, -0.25) is 4.98 Å². The molecule has 0 aliphatic rings. The first-order valence-corrected chi connectivity index (χ1v) is 6.28. The van der Waals surface area contributed by atoms with Crippen LogP contribution in [-0.4, -0.2) is 4.98 Å². The van der Waals surface area contributed by atoms with Crippen LogP contribution in [0.2, 0.25) is 0 Å². The smallest absolute Gasteiger partial charge is 0.398 e. The third-order valence-electron chi connectivity index (χ3n) is 3.30. The summed E-state index contributed by atoms with van der Waals surface area (Å²) in [5.41, 5.74) is 5.44. The number of aromatic nitrogens is 1. The fourth-order valence-corrected chi connectivity index (χ4v) is 2.43. The van der Waals surface area contributed by atoms with Crippen LogP contribution in [0.4, 0.5) is 18.9 Å². The molecule has 0 aliphatic carbocycles. The Kier molecular flexibility index (Phi) is 3.05. The molecule has 2 nitrogen and oxygen atoms in total. The summed E-state index contributed by atoms with van der Waals surface area (Å²) >= 11 is 0. The van der Waals surface area contributed by atoms with Gasteiger partial charge in [-0.1, -0.05) is 36.4 Å². The van der Waals surface area contributed by atoms with Crippen LogP contribution in [0.1, 0.15) is 5.56 Å². The molecule has 2 aromatic carbocycles. The first-order chi connectivity index (χ1) is 9.98. The van der Waals surface area contributed by atoms with Crippen molar-refractivity contribution in [2.45, 2.75) is 6.18 Å². The fourth-order valence-electron chi connectivity index (χ4n) is 2.43. The van der Waals surface area contributed by atoms with Gasteiger partial charge in [0.05, 0.1) is 11.1 Å². The van der Waals surface area contributed by atoms with E-state index in [1.165, 1.54) is 18.2 Å². The molecule has 0 saturated carbocycles. The Balaban J connectivity index is 2.37. The van der Waals surface area contributed by atoms with E-state index in [0.29, 0.717) is 11.1 Å². The van der Waals surface area contributed by atoms with E-state index >= 15 is 0 Å². The number of hydrogen-bond donors (Lipinski definition) is 1. The predicted molar refractivity (Wildman–Crippen MR) is 76.6 cm³/mol. The number of halogens is 3. The zero-order valence-corrected chi connectivity index (χ0v) is 10.9. The van der Waals surface area contributed by atoms with Crippen molar-refractivity contribution in [1.29, 1.82) is 0 Å². The van der Waals surface area contributed by atoms with Crippen molar-refractivity contribution >= 4 is 16.6 Å². The molecular weight excluding hydrogens is 277 g/mol. The van der Waals surface area contributed by atoms with Crippen molar-refractivity contribution in [3.8, 4) is 11.1 Å². The van der Waals surface area contributed by atoms with E-state index in [4.69, 9.17) is 5.73 Å². The maximum absolute atomic E-state index is 13.3. The third kappa shape index (κ3) is 2.31. The fraction of sp³-hybridized carbons (Fsp3) is 0.0625. The standard InChI is InChI=1S/C16H11F3N2/c17-16(18,19)14-11(6-2-8-13(14)20)12-7-1-4-10-5-3-9-21-15(10)12/h1-9H,20H2. The maximum atomic E-state index is 13.3. The largest absolute Gasteiger partial charge is 0.418 e. The van der Waals surface area contributed by atoms with E-state index in [1.54, 1.807) is 24.4 Å². The molecule has 21 heavy (non-hydrogen) atoms. The Labute approximate surface area is 119 Å². The lowest BCUT2D eigenvalue weighted by Crippen LogP contribution is -2.11. The molecule has 0 aliphatic heterocycles. The first kappa shape index (κ1) is 13.4. The number of nitrogens with two attached hydrogens (primary N) is 1. The molecule has 3 rings (SSSR count). The van der Waals surface area contributed by atoms with Crippen LogP contribution in [0, 0.1) is 0 Å². The van der Waals surface area contributed by atoms with Gasteiger partial charge in [0.25, 0.3) is 0 Å².